The highest BCUT2D eigenvalue weighted by atomic mass is 16.8. The number of hydrogen-bond donors (Lipinski definition) is 0. The Morgan fingerprint density at radius 2 is 1.81 bits per heavy atom. The van der Waals surface area contributed by atoms with E-state index in [4.69, 9.17) is 9.57 Å². The Bertz CT molecular complexity index is 1530. The third kappa shape index (κ3) is 4.70. The number of hydrogen-bond acceptors (Lipinski definition) is 7. The molecule has 0 spiro atoms. The third-order valence-electron chi connectivity index (χ3n) is 5.68. The fourth-order valence-corrected chi connectivity index (χ4v) is 3.90. The molecular formula is C26H27N7O3. The molecule has 0 aliphatic rings. The molecule has 4 aromatic heterocycles. The number of aryl methyl sites for hydroxylation is 1. The van der Waals surface area contributed by atoms with Crippen molar-refractivity contribution in [2.45, 2.75) is 39.3 Å². The number of pyridine rings is 1. The minimum Gasteiger partial charge on any atom is -0.427 e. The van der Waals surface area contributed by atoms with E-state index in [9.17, 15) is 4.79 Å². The molecule has 1 aromatic carbocycles. The van der Waals surface area contributed by atoms with Gasteiger partial charge in [-0.15, -0.1) is 5.10 Å². The van der Waals surface area contributed by atoms with Gasteiger partial charge in [0.2, 0.25) is 0 Å². The first-order valence-electron chi connectivity index (χ1n) is 11.6. The van der Waals surface area contributed by atoms with Gasteiger partial charge in [0.25, 0.3) is 0 Å². The highest BCUT2D eigenvalue weighted by molar-refractivity contribution is 5.95. The average molecular weight is 486 g/mol. The molecule has 0 fully saturated rings. The van der Waals surface area contributed by atoms with Crippen molar-refractivity contribution in [2.75, 3.05) is 0 Å². The van der Waals surface area contributed by atoms with Crippen LogP contribution in [0.1, 0.15) is 39.3 Å². The van der Waals surface area contributed by atoms with Crippen molar-refractivity contribution in [3.63, 3.8) is 0 Å². The van der Waals surface area contributed by atoms with Crippen LogP contribution in [0.4, 0.5) is 4.79 Å². The fourth-order valence-electron chi connectivity index (χ4n) is 3.90. The van der Waals surface area contributed by atoms with Gasteiger partial charge in [-0.1, -0.05) is 35.5 Å². The molecule has 1 unspecified atom stereocenters. The van der Waals surface area contributed by atoms with E-state index in [0.717, 1.165) is 27.6 Å². The van der Waals surface area contributed by atoms with E-state index in [-0.39, 0.29) is 6.04 Å². The van der Waals surface area contributed by atoms with Gasteiger partial charge in [-0.25, -0.2) is 14.5 Å². The van der Waals surface area contributed by atoms with Crippen molar-refractivity contribution < 1.29 is 14.4 Å². The Kier molecular flexibility index (Phi) is 5.79. The second-order valence-corrected chi connectivity index (χ2v) is 9.59. The Balaban J connectivity index is 1.57. The van der Waals surface area contributed by atoms with Crippen molar-refractivity contribution in [3.05, 3.63) is 72.9 Å². The smallest absolute Gasteiger partial charge is 0.427 e. The second kappa shape index (κ2) is 8.95. The zero-order chi connectivity index (χ0) is 25.4. The predicted octanol–water partition coefficient (Wildman–Crippen LogP) is 4.67. The van der Waals surface area contributed by atoms with Gasteiger partial charge >= 0.3 is 6.16 Å². The molecule has 10 heteroatoms. The van der Waals surface area contributed by atoms with Crippen molar-refractivity contribution in [2.24, 2.45) is 7.05 Å². The van der Waals surface area contributed by atoms with Crippen molar-refractivity contribution >= 4 is 17.2 Å². The number of carbonyl (C=O) groups excluding carboxylic acids is 1. The molecule has 0 bridgehead atoms. The predicted molar refractivity (Wildman–Crippen MR) is 134 cm³/mol. The molecule has 184 valence electrons. The normalized spacial score (nSPS) is 12.6. The summed E-state index contributed by atoms with van der Waals surface area (Å²) in [5, 5.41) is 13.8. The number of ether oxygens (including phenoxy) is 1. The van der Waals surface area contributed by atoms with E-state index in [1.165, 1.54) is 4.73 Å². The standard InChI is InChI=1S/C26H27N7O3/c1-17(18-9-7-6-8-10-18)32-16-23(29-30-32)22-15-33(36-25(34)35-26(2,3)4)24-21(22)11-19(12-27-24)20-13-28-31(5)14-20/h6-17H,1-5H3. The van der Waals surface area contributed by atoms with Gasteiger partial charge in [-0.05, 0) is 39.3 Å². The molecule has 0 aliphatic heterocycles. The lowest BCUT2D eigenvalue weighted by atomic mass is 10.1. The maximum Gasteiger partial charge on any atom is 0.534 e. The first kappa shape index (κ1) is 23.3. The summed E-state index contributed by atoms with van der Waals surface area (Å²) in [5.41, 5.74) is 4.01. The van der Waals surface area contributed by atoms with Gasteiger partial charge in [-0.2, -0.15) is 9.83 Å². The number of nitrogens with zero attached hydrogens (tertiary/aromatic N) is 7. The lowest BCUT2D eigenvalue weighted by molar-refractivity contribution is -0.00894. The van der Waals surface area contributed by atoms with E-state index >= 15 is 0 Å². The van der Waals surface area contributed by atoms with Crippen LogP contribution < -0.4 is 4.84 Å². The maximum absolute atomic E-state index is 12.4. The third-order valence-corrected chi connectivity index (χ3v) is 5.68. The number of aromatic nitrogens is 7. The summed E-state index contributed by atoms with van der Waals surface area (Å²) in [6.45, 7) is 7.39. The first-order valence-corrected chi connectivity index (χ1v) is 11.6. The molecule has 0 N–H and O–H groups in total. The summed E-state index contributed by atoms with van der Waals surface area (Å²) in [6.07, 6.45) is 8.12. The highest BCUT2D eigenvalue weighted by Gasteiger charge is 2.22. The van der Waals surface area contributed by atoms with E-state index in [1.54, 1.807) is 48.7 Å². The summed E-state index contributed by atoms with van der Waals surface area (Å²) >= 11 is 0. The highest BCUT2D eigenvalue weighted by Crippen LogP contribution is 2.32. The van der Waals surface area contributed by atoms with Crippen LogP contribution in [0.5, 0.6) is 0 Å². The molecule has 36 heavy (non-hydrogen) atoms. The average Bonchev–Trinajstić information content (AvgIpc) is 3.57. The van der Waals surface area contributed by atoms with Gasteiger partial charge in [0.15, 0.2) is 5.65 Å². The second-order valence-electron chi connectivity index (χ2n) is 9.59. The molecule has 1 atom stereocenters. The number of rotatable bonds is 5. The Morgan fingerprint density at radius 1 is 1.03 bits per heavy atom. The molecule has 10 nitrogen and oxygen atoms in total. The summed E-state index contributed by atoms with van der Waals surface area (Å²) in [4.78, 5) is 22.5. The summed E-state index contributed by atoms with van der Waals surface area (Å²) in [5.74, 6) is 0. The lowest BCUT2D eigenvalue weighted by Gasteiger charge is -2.18. The minimum atomic E-state index is -0.828. The quantitative estimate of drug-likeness (QED) is 0.333. The van der Waals surface area contributed by atoms with Crippen molar-refractivity contribution in [1.29, 1.82) is 0 Å². The van der Waals surface area contributed by atoms with Crippen molar-refractivity contribution in [3.8, 4) is 22.4 Å². The van der Waals surface area contributed by atoms with Gasteiger partial charge in [-0.3, -0.25) is 9.52 Å². The first-order chi connectivity index (χ1) is 17.2. The van der Waals surface area contributed by atoms with Crippen LogP contribution in [0.2, 0.25) is 0 Å². The van der Waals surface area contributed by atoms with E-state index in [1.807, 2.05) is 43.7 Å². The fraction of sp³-hybridized carbons (Fsp3) is 0.269. The minimum absolute atomic E-state index is 0.0112. The summed E-state index contributed by atoms with van der Waals surface area (Å²) in [6, 6.07) is 12.0. The monoisotopic (exact) mass is 485 g/mol. The van der Waals surface area contributed by atoms with Crippen LogP contribution in [0.15, 0.2) is 67.4 Å². The Hall–Kier alpha value is -4.47. The van der Waals surface area contributed by atoms with Crippen LogP contribution in [-0.2, 0) is 11.8 Å². The molecular weight excluding hydrogens is 458 g/mol. The number of fused-ring (bicyclic) bond motifs is 1. The summed E-state index contributed by atoms with van der Waals surface area (Å²) in [7, 11) is 1.86. The van der Waals surface area contributed by atoms with Crippen LogP contribution in [0, 0.1) is 0 Å². The largest absolute Gasteiger partial charge is 0.534 e. The zero-order valence-electron chi connectivity index (χ0n) is 20.8. The Morgan fingerprint density at radius 3 is 2.50 bits per heavy atom. The molecule has 0 amide bonds. The van der Waals surface area contributed by atoms with Gasteiger partial charge in [0.05, 0.1) is 24.6 Å². The molecule has 0 aliphatic carbocycles. The van der Waals surface area contributed by atoms with Crippen molar-refractivity contribution in [1.82, 2.24) is 34.5 Å². The molecule has 5 rings (SSSR count). The van der Waals surface area contributed by atoms with E-state index in [0.29, 0.717) is 11.3 Å². The van der Waals surface area contributed by atoms with Crippen LogP contribution >= 0.6 is 0 Å². The molecule has 0 radical (unpaired) electrons. The maximum atomic E-state index is 12.4. The lowest BCUT2D eigenvalue weighted by Crippen LogP contribution is -2.29. The number of carbonyl (C=O) groups is 1. The van der Waals surface area contributed by atoms with Gasteiger partial charge < -0.3 is 4.74 Å². The number of benzene rings is 1. The Labute approximate surface area is 208 Å². The molecule has 4 heterocycles. The SMILES string of the molecule is CC(c1ccccc1)n1cc(-c2cn(OC(=O)OC(C)(C)C)c3ncc(-c4cnn(C)c4)cc23)nn1. The van der Waals surface area contributed by atoms with E-state index < -0.39 is 11.8 Å². The zero-order valence-corrected chi connectivity index (χ0v) is 20.8. The molecule has 5 aromatic rings. The van der Waals surface area contributed by atoms with Gasteiger partial charge in [0.1, 0.15) is 11.3 Å². The van der Waals surface area contributed by atoms with Crippen LogP contribution in [-0.4, -0.2) is 46.2 Å². The summed E-state index contributed by atoms with van der Waals surface area (Å²) < 4.78 is 10.2. The molecule has 0 saturated carbocycles. The van der Waals surface area contributed by atoms with Crippen LogP contribution in [0.3, 0.4) is 0 Å². The van der Waals surface area contributed by atoms with Gasteiger partial charge in [0, 0.05) is 41.5 Å². The topological polar surface area (TPSA) is 102 Å². The van der Waals surface area contributed by atoms with Crippen LogP contribution in [0.25, 0.3) is 33.4 Å². The molecule has 0 saturated heterocycles. The van der Waals surface area contributed by atoms with E-state index in [2.05, 4.69) is 39.5 Å².